The van der Waals surface area contributed by atoms with Crippen molar-refractivity contribution in [3.05, 3.63) is 17.8 Å². The second-order valence-corrected chi connectivity index (χ2v) is 5.32. The summed E-state index contributed by atoms with van der Waals surface area (Å²) in [6.45, 7) is 5.36. The third-order valence-corrected chi connectivity index (χ3v) is 2.80. The molecule has 0 spiro atoms. The third kappa shape index (κ3) is 5.68. The van der Waals surface area contributed by atoms with Crippen LogP contribution in [0.5, 0.6) is 0 Å². The van der Waals surface area contributed by atoms with Gasteiger partial charge in [0.25, 0.3) is 5.91 Å². The summed E-state index contributed by atoms with van der Waals surface area (Å²) in [6, 6.07) is 3.50. The van der Waals surface area contributed by atoms with Crippen LogP contribution in [0.25, 0.3) is 0 Å². The fourth-order valence-electron chi connectivity index (χ4n) is 1.66. The van der Waals surface area contributed by atoms with Crippen LogP contribution in [0, 0.1) is 5.92 Å². The smallest absolute Gasteiger partial charge is 0.273 e. The lowest BCUT2D eigenvalue weighted by molar-refractivity contribution is 0.0821. The van der Waals surface area contributed by atoms with Gasteiger partial charge in [-0.15, -0.1) is 10.2 Å². The van der Waals surface area contributed by atoms with Crippen LogP contribution < -0.4 is 5.32 Å². The number of carbonyl (C=O) groups excluding carboxylic acids is 1. The Kier molecular flexibility index (Phi) is 6.25. The molecule has 0 atom stereocenters. The topological polar surface area (TPSA) is 58.1 Å². The van der Waals surface area contributed by atoms with Crippen LogP contribution in [0.2, 0.25) is 0 Å². The van der Waals surface area contributed by atoms with Crippen LogP contribution in [-0.2, 0) is 0 Å². The largest absolute Gasteiger partial charge is 0.369 e. The van der Waals surface area contributed by atoms with E-state index < -0.39 is 0 Å². The number of aromatic nitrogens is 2. The quantitative estimate of drug-likeness (QED) is 0.768. The number of hydrogen-bond acceptors (Lipinski definition) is 4. The summed E-state index contributed by atoms with van der Waals surface area (Å²) in [5, 5.41) is 11.1. The molecule has 0 aliphatic heterocycles. The highest BCUT2D eigenvalue weighted by Crippen LogP contribution is 2.07. The molecule has 0 aromatic carbocycles. The summed E-state index contributed by atoms with van der Waals surface area (Å²) in [7, 11) is 3.40. The van der Waals surface area contributed by atoms with E-state index >= 15 is 0 Å². The zero-order valence-electron chi connectivity index (χ0n) is 12.3. The Morgan fingerprint density at radius 3 is 2.53 bits per heavy atom. The lowest BCUT2D eigenvalue weighted by Crippen LogP contribution is -2.23. The van der Waals surface area contributed by atoms with Gasteiger partial charge >= 0.3 is 0 Å². The summed E-state index contributed by atoms with van der Waals surface area (Å²) in [5.41, 5.74) is 0.371. The molecule has 1 amide bonds. The molecule has 5 nitrogen and oxygen atoms in total. The maximum atomic E-state index is 11.6. The number of amides is 1. The highest BCUT2D eigenvalue weighted by Gasteiger charge is 2.09. The van der Waals surface area contributed by atoms with Crippen LogP contribution >= 0.6 is 0 Å². The molecule has 0 fully saturated rings. The number of carbonyl (C=O) groups is 1. The van der Waals surface area contributed by atoms with E-state index in [0.717, 1.165) is 24.7 Å². The van der Waals surface area contributed by atoms with Crippen molar-refractivity contribution in [2.24, 2.45) is 5.92 Å². The molecule has 0 bridgehead atoms. The lowest BCUT2D eigenvalue weighted by atomic mass is 10.1. The molecule has 1 aromatic heterocycles. The molecule has 1 N–H and O–H groups in total. The molecule has 0 aliphatic carbocycles. The summed E-state index contributed by atoms with van der Waals surface area (Å²) in [4.78, 5) is 13.1. The fourth-order valence-corrected chi connectivity index (χ4v) is 1.66. The molecule has 0 unspecified atom stereocenters. The van der Waals surface area contributed by atoms with Crippen LogP contribution in [0.4, 0.5) is 5.82 Å². The molecular weight excluding hydrogens is 240 g/mol. The summed E-state index contributed by atoms with van der Waals surface area (Å²) in [6.07, 6.45) is 3.59. The zero-order chi connectivity index (χ0) is 14.3. The molecule has 106 valence electrons. The predicted molar refractivity (Wildman–Crippen MR) is 77.2 cm³/mol. The van der Waals surface area contributed by atoms with E-state index in [1.54, 1.807) is 26.2 Å². The van der Waals surface area contributed by atoms with Gasteiger partial charge < -0.3 is 10.2 Å². The lowest BCUT2D eigenvalue weighted by Gasteiger charge is -2.09. The molecule has 0 saturated carbocycles. The molecule has 1 rings (SSSR count). The molecule has 19 heavy (non-hydrogen) atoms. The third-order valence-electron chi connectivity index (χ3n) is 2.80. The van der Waals surface area contributed by atoms with Gasteiger partial charge in [0.05, 0.1) is 0 Å². The summed E-state index contributed by atoms with van der Waals surface area (Å²) >= 11 is 0. The van der Waals surface area contributed by atoms with Gasteiger partial charge in [0, 0.05) is 20.6 Å². The monoisotopic (exact) mass is 264 g/mol. The Hall–Kier alpha value is -1.65. The van der Waals surface area contributed by atoms with E-state index in [9.17, 15) is 4.79 Å². The normalized spacial score (nSPS) is 10.6. The first-order valence-corrected chi connectivity index (χ1v) is 6.80. The maximum absolute atomic E-state index is 11.6. The van der Waals surface area contributed by atoms with Crippen molar-refractivity contribution >= 4 is 11.7 Å². The van der Waals surface area contributed by atoms with E-state index in [1.165, 1.54) is 17.7 Å². The second kappa shape index (κ2) is 7.71. The molecular formula is C14H24N4O. The van der Waals surface area contributed by atoms with Crippen LogP contribution in [0.15, 0.2) is 12.1 Å². The Labute approximate surface area is 115 Å². The van der Waals surface area contributed by atoms with Gasteiger partial charge in [-0.1, -0.05) is 26.7 Å². The van der Waals surface area contributed by atoms with E-state index in [4.69, 9.17) is 0 Å². The molecule has 1 aromatic rings. The summed E-state index contributed by atoms with van der Waals surface area (Å²) < 4.78 is 0. The molecule has 0 aliphatic rings. The first-order valence-electron chi connectivity index (χ1n) is 6.80. The molecule has 0 saturated heterocycles. The van der Waals surface area contributed by atoms with Crippen LogP contribution in [0.3, 0.4) is 0 Å². The van der Waals surface area contributed by atoms with Gasteiger partial charge in [-0.05, 0) is 24.5 Å². The average Bonchev–Trinajstić information content (AvgIpc) is 2.37. The number of unbranched alkanes of at least 4 members (excludes halogenated alkanes) is 1. The SMILES string of the molecule is CC(C)CCCCNc1ccc(C(=O)N(C)C)nn1. The Morgan fingerprint density at radius 2 is 2.00 bits per heavy atom. The number of anilines is 1. The minimum absolute atomic E-state index is 0.129. The number of rotatable bonds is 7. The molecule has 1 heterocycles. The number of nitrogens with zero attached hydrogens (tertiary/aromatic N) is 3. The van der Waals surface area contributed by atoms with Gasteiger partial charge in [-0.2, -0.15) is 0 Å². The van der Waals surface area contributed by atoms with Crippen LogP contribution in [0.1, 0.15) is 43.6 Å². The van der Waals surface area contributed by atoms with Crippen molar-refractivity contribution < 1.29 is 4.79 Å². The van der Waals surface area contributed by atoms with Gasteiger partial charge in [0.15, 0.2) is 5.69 Å². The van der Waals surface area contributed by atoms with Gasteiger partial charge in [0.1, 0.15) is 5.82 Å². The van der Waals surface area contributed by atoms with Crippen molar-refractivity contribution in [1.29, 1.82) is 0 Å². The Morgan fingerprint density at radius 1 is 1.26 bits per heavy atom. The van der Waals surface area contributed by atoms with Crippen molar-refractivity contribution in [3.63, 3.8) is 0 Å². The first kappa shape index (κ1) is 15.4. The van der Waals surface area contributed by atoms with Crippen LogP contribution in [-0.4, -0.2) is 41.6 Å². The van der Waals surface area contributed by atoms with Crippen molar-refractivity contribution in [3.8, 4) is 0 Å². The minimum Gasteiger partial charge on any atom is -0.369 e. The number of hydrogen-bond donors (Lipinski definition) is 1. The molecule has 0 radical (unpaired) electrons. The summed E-state index contributed by atoms with van der Waals surface area (Å²) in [5.74, 6) is 1.35. The minimum atomic E-state index is -0.129. The predicted octanol–water partition coefficient (Wildman–Crippen LogP) is 2.42. The fraction of sp³-hybridized carbons (Fsp3) is 0.643. The van der Waals surface area contributed by atoms with Gasteiger partial charge in [-0.3, -0.25) is 4.79 Å². The number of nitrogens with one attached hydrogen (secondary N) is 1. The zero-order valence-corrected chi connectivity index (χ0v) is 12.3. The molecule has 5 heteroatoms. The van der Waals surface area contributed by atoms with E-state index in [1.807, 2.05) is 0 Å². The van der Waals surface area contributed by atoms with E-state index in [0.29, 0.717) is 5.69 Å². The average molecular weight is 264 g/mol. The second-order valence-electron chi connectivity index (χ2n) is 5.32. The standard InChI is InChI=1S/C14H24N4O/c1-11(2)7-5-6-10-15-13-9-8-12(16-17-13)14(19)18(3)4/h8-9,11H,5-7,10H2,1-4H3,(H,15,17). The highest BCUT2D eigenvalue weighted by molar-refractivity contribution is 5.91. The Balaban J connectivity index is 2.34. The maximum Gasteiger partial charge on any atom is 0.273 e. The highest BCUT2D eigenvalue weighted by atomic mass is 16.2. The Bertz CT molecular complexity index is 387. The van der Waals surface area contributed by atoms with E-state index in [-0.39, 0.29) is 5.91 Å². The van der Waals surface area contributed by atoms with Crippen molar-refractivity contribution in [2.75, 3.05) is 26.0 Å². The van der Waals surface area contributed by atoms with Crippen molar-refractivity contribution in [2.45, 2.75) is 33.1 Å². The van der Waals surface area contributed by atoms with E-state index in [2.05, 4.69) is 29.4 Å². The van der Waals surface area contributed by atoms with Gasteiger partial charge in [0.2, 0.25) is 0 Å². The van der Waals surface area contributed by atoms with Gasteiger partial charge in [-0.25, -0.2) is 0 Å². The first-order chi connectivity index (χ1) is 9.00. The van der Waals surface area contributed by atoms with Crippen molar-refractivity contribution in [1.82, 2.24) is 15.1 Å².